The maximum absolute atomic E-state index is 11.1. The van der Waals surface area contributed by atoms with Gasteiger partial charge in [-0.2, -0.15) is 0 Å². The van der Waals surface area contributed by atoms with Crippen molar-refractivity contribution in [3.05, 3.63) is 49.3 Å². The van der Waals surface area contributed by atoms with Crippen molar-refractivity contribution in [2.75, 3.05) is 0 Å². The second-order valence-corrected chi connectivity index (χ2v) is 7.17. The fourth-order valence-electron chi connectivity index (χ4n) is 1.44. The summed E-state index contributed by atoms with van der Waals surface area (Å²) >= 11 is 14.3. The number of benzene rings is 1. The predicted octanol–water partition coefficient (Wildman–Crippen LogP) is 5.17. The summed E-state index contributed by atoms with van der Waals surface area (Å²) in [4.78, 5) is 11.8. The van der Waals surface area contributed by atoms with E-state index in [0.29, 0.717) is 24.0 Å². The molecule has 106 valence electrons. The smallest absolute Gasteiger partial charge is 0.294 e. The van der Waals surface area contributed by atoms with Gasteiger partial charge in [0, 0.05) is 20.9 Å². The topological polar surface area (TPSA) is 63.4 Å². The van der Waals surface area contributed by atoms with E-state index in [1.807, 2.05) is 0 Å². The molecule has 1 heterocycles. The average Bonchev–Trinajstić information content (AvgIpc) is 2.78. The lowest BCUT2D eigenvalue weighted by Gasteiger charge is -2.02. The molecule has 8 heteroatoms. The van der Waals surface area contributed by atoms with Gasteiger partial charge in [0.2, 0.25) is 0 Å². The first-order valence-electron chi connectivity index (χ1n) is 5.47. The van der Waals surface area contributed by atoms with Gasteiger partial charge in [-0.1, -0.05) is 35.0 Å². The minimum absolute atomic E-state index is 0.0352. The monoisotopic (exact) mass is 349 g/mol. The van der Waals surface area contributed by atoms with E-state index >= 15 is 0 Å². The van der Waals surface area contributed by atoms with Crippen LogP contribution in [0.25, 0.3) is 0 Å². The van der Waals surface area contributed by atoms with E-state index in [1.165, 1.54) is 29.2 Å². The Morgan fingerprint density at radius 3 is 2.70 bits per heavy atom. The first kappa shape index (κ1) is 15.6. The van der Waals surface area contributed by atoms with E-state index < -0.39 is 11.0 Å². The molecule has 0 aliphatic carbocycles. The van der Waals surface area contributed by atoms with Gasteiger partial charge in [0.1, 0.15) is 4.21 Å². The standard InChI is InChI=1S/C12H9Cl2NO3S2/c1-6(16)10-5-9(15(17)18)12(19-10)20-11-4-7(13)2-3-8(11)14/h2-6,16H,1H3/t6-/m1/s1. The Bertz CT molecular complexity index is 658. The van der Waals surface area contributed by atoms with Gasteiger partial charge >= 0.3 is 0 Å². The fraction of sp³-hybridized carbons (Fsp3) is 0.167. The number of rotatable bonds is 4. The first-order chi connectivity index (χ1) is 9.38. The van der Waals surface area contributed by atoms with Gasteiger partial charge in [-0.25, -0.2) is 0 Å². The molecule has 2 aromatic rings. The molecule has 0 saturated carbocycles. The summed E-state index contributed by atoms with van der Waals surface area (Å²) in [6.45, 7) is 1.57. The van der Waals surface area contributed by atoms with E-state index in [1.54, 1.807) is 25.1 Å². The predicted molar refractivity (Wildman–Crippen MR) is 82.2 cm³/mol. The van der Waals surface area contributed by atoms with Crippen LogP contribution in [0.15, 0.2) is 33.4 Å². The van der Waals surface area contributed by atoms with E-state index in [9.17, 15) is 15.2 Å². The molecule has 0 aliphatic heterocycles. The second-order valence-electron chi connectivity index (χ2n) is 3.93. The lowest BCUT2D eigenvalue weighted by Crippen LogP contribution is -1.87. The highest BCUT2D eigenvalue weighted by Crippen LogP contribution is 2.45. The molecule has 20 heavy (non-hydrogen) atoms. The molecule has 1 aromatic carbocycles. The average molecular weight is 350 g/mol. The Kier molecular flexibility index (Phi) is 4.93. The van der Waals surface area contributed by atoms with Crippen LogP contribution in [-0.4, -0.2) is 10.0 Å². The van der Waals surface area contributed by atoms with Gasteiger partial charge in [0.15, 0.2) is 0 Å². The van der Waals surface area contributed by atoms with Crippen molar-refractivity contribution in [3.63, 3.8) is 0 Å². The van der Waals surface area contributed by atoms with Crippen molar-refractivity contribution >= 4 is 52.0 Å². The number of aliphatic hydroxyl groups is 1. The number of halogens is 2. The number of nitrogens with zero attached hydrogens (tertiary/aromatic N) is 1. The minimum Gasteiger partial charge on any atom is -0.388 e. The van der Waals surface area contributed by atoms with Crippen LogP contribution in [0.4, 0.5) is 5.69 Å². The third-order valence-corrected chi connectivity index (χ3v) is 5.62. The quantitative estimate of drug-likeness (QED) is 0.610. The van der Waals surface area contributed by atoms with Crippen molar-refractivity contribution in [2.45, 2.75) is 22.1 Å². The highest BCUT2D eigenvalue weighted by molar-refractivity contribution is 8.01. The number of nitro groups is 1. The molecule has 1 N–H and O–H groups in total. The van der Waals surface area contributed by atoms with Crippen molar-refractivity contribution in [3.8, 4) is 0 Å². The second kappa shape index (κ2) is 6.32. The van der Waals surface area contributed by atoms with E-state index in [4.69, 9.17) is 23.2 Å². The molecule has 0 radical (unpaired) electrons. The van der Waals surface area contributed by atoms with Crippen LogP contribution in [0.5, 0.6) is 0 Å². The highest BCUT2D eigenvalue weighted by Gasteiger charge is 2.22. The molecule has 4 nitrogen and oxygen atoms in total. The van der Waals surface area contributed by atoms with E-state index in [2.05, 4.69) is 0 Å². The Hall–Kier alpha value is -0.790. The molecular formula is C12H9Cl2NO3S2. The van der Waals surface area contributed by atoms with Crippen LogP contribution in [-0.2, 0) is 0 Å². The van der Waals surface area contributed by atoms with Crippen LogP contribution in [0.3, 0.4) is 0 Å². The zero-order valence-electron chi connectivity index (χ0n) is 10.2. The highest BCUT2D eigenvalue weighted by atomic mass is 35.5. The molecule has 0 spiro atoms. The van der Waals surface area contributed by atoms with Crippen LogP contribution in [0, 0.1) is 10.1 Å². The molecule has 0 unspecified atom stereocenters. The summed E-state index contributed by atoms with van der Waals surface area (Å²) in [7, 11) is 0. The van der Waals surface area contributed by atoms with Gasteiger partial charge < -0.3 is 5.11 Å². The molecule has 0 saturated heterocycles. The molecule has 0 aliphatic rings. The van der Waals surface area contributed by atoms with Crippen LogP contribution in [0.2, 0.25) is 10.0 Å². The number of thiophene rings is 1. The van der Waals surface area contributed by atoms with Gasteiger partial charge in [-0.3, -0.25) is 10.1 Å². The third-order valence-electron chi connectivity index (χ3n) is 2.40. The van der Waals surface area contributed by atoms with Crippen molar-refractivity contribution in [1.82, 2.24) is 0 Å². The third kappa shape index (κ3) is 3.45. The summed E-state index contributed by atoms with van der Waals surface area (Å²) in [6.07, 6.45) is -0.747. The lowest BCUT2D eigenvalue weighted by atomic mass is 10.3. The van der Waals surface area contributed by atoms with Crippen molar-refractivity contribution < 1.29 is 10.0 Å². The van der Waals surface area contributed by atoms with Gasteiger partial charge in [0.05, 0.1) is 16.0 Å². The zero-order chi connectivity index (χ0) is 14.9. The van der Waals surface area contributed by atoms with Crippen LogP contribution < -0.4 is 0 Å². The first-order valence-corrected chi connectivity index (χ1v) is 7.86. The summed E-state index contributed by atoms with van der Waals surface area (Å²) in [6, 6.07) is 6.33. The number of hydrogen-bond acceptors (Lipinski definition) is 5. The molecule has 0 amide bonds. The molecule has 1 atom stereocenters. The van der Waals surface area contributed by atoms with E-state index in [0.717, 1.165) is 0 Å². The maximum Gasteiger partial charge on any atom is 0.294 e. The summed E-state index contributed by atoms with van der Waals surface area (Å²) in [5, 5.41) is 21.6. The largest absolute Gasteiger partial charge is 0.388 e. The Balaban J connectivity index is 2.42. The maximum atomic E-state index is 11.1. The molecule has 0 bridgehead atoms. The Morgan fingerprint density at radius 1 is 1.40 bits per heavy atom. The molecule has 1 aromatic heterocycles. The van der Waals surface area contributed by atoms with Crippen LogP contribution in [0.1, 0.15) is 17.9 Å². The van der Waals surface area contributed by atoms with Gasteiger partial charge in [-0.05, 0) is 25.1 Å². The number of hydrogen-bond donors (Lipinski definition) is 1. The van der Waals surface area contributed by atoms with Crippen molar-refractivity contribution in [1.29, 1.82) is 0 Å². The summed E-state index contributed by atoms with van der Waals surface area (Å²) in [5.74, 6) is 0. The SMILES string of the molecule is C[C@@H](O)c1cc([N+](=O)[O-])c(Sc2cc(Cl)ccc2Cl)s1. The van der Waals surface area contributed by atoms with E-state index in [-0.39, 0.29) is 5.69 Å². The number of aliphatic hydroxyl groups excluding tert-OH is 1. The van der Waals surface area contributed by atoms with Gasteiger partial charge in [-0.15, -0.1) is 11.3 Å². The minimum atomic E-state index is -0.747. The lowest BCUT2D eigenvalue weighted by molar-refractivity contribution is -0.387. The summed E-state index contributed by atoms with van der Waals surface area (Å²) in [5.41, 5.74) is -0.0352. The molecule has 2 rings (SSSR count). The van der Waals surface area contributed by atoms with Gasteiger partial charge in [0.25, 0.3) is 5.69 Å². The summed E-state index contributed by atoms with van der Waals surface area (Å²) < 4.78 is 0.468. The molecular weight excluding hydrogens is 341 g/mol. The molecule has 0 fully saturated rings. The Morgan fingerprint density at radius 2 is 2.10 bits per heavy atom. The Labute approximate surface area is 133 Å². The normalized spacial score (nSPS) is 12.4. The fourth-order valence-corrected chi connectivity index (χ4v) is 4.22. The van der Waals surface area contributed by atoms with Crippen molar-refractivity contribution in [2.24, 2.45) is 0 Å². The van der Waals surface area contributed by atoms with Crippen LogP contribution >= 0.6 is 46.3 Å². The zero-order valence-corrected chi connectivity index (χ0v) is 13.3.